The summed E-state index contributed by atoms with van der Waals surface area (Å²) in [5, 5.41) is 19.4. The first-order valence-corrected chi connectivity index (χ1v) is 7.83. The Bertz CT molecular complexity index is 368. The van der Waals surface area contributed by atoms with Crippen molar-refractivity contribution in [1.82, 2.24) is 0 Å². The summed E-state index contributed by atoms with van der Waals surface area (Å²) in [5.41, 5.74) is 0. The lowest BCUT2D eigenvalue weighted by Crippen LogP contribution is -2.48. The zero-order valence-electron chi connectivity index (χ0n) is 13.8. The first-order chi connectivity index (χ1) is 10.3. The van der Waals surface area contributed by atoms with Crippen LogP contribution in [0, 0.1) is 0 Å². The van der Waals surface area contributed by atoms with Crippen LogP contribution in [0.5, 0.6) is 0 Å². The van der Waals surface area contributed by atoms with Crippen molar-refractivity contribution in [3.8, 4) is 0 Å². The van der Waals surface area contributed by atoms with Crippen molar-refractivity contribution in [2.45, 2.75) is 83.8 Å². The van der Waals surface area contributed by atoms with Gasteiger partial charge in [-0.15, -0.1) is 0 Å². The zero-order chi connectivity index (χ0) is 16.7. The Hall–Kier alpha value is -0.950. The fraction of sp³-hybridized carbons (Fsp3) is 0.812. The summed E-state index contributed by atoms with van der Waals surface area (Å²) in [4.78, 5) is 11.3. The van der Waals surface area contributed by atoms with E-state index < -0.39 is 18.5 Å². The van der Waals surface area contributed by atoms with Crippen molar-refractivity contribution >= 4 is 5.97 Å². The summed E-state index contributed by atoms with van der Waals surface area (Å²) in [6, 6.07) is 0. The van der Waals surface area contributed by atoms with Crippen LogP contribution < -0.4 is 0 Å². The van der Waals surface area contributed by atoms with E-state index in [-0.39, 0.29) is 30.7 Å². The molecule has 1 unspecified atom stereocenters. The fourth-order valence-electron chi connectivity index (χ4n) is 2.14. The standard InChI is InChI=1S/C16H28O6/c1-10(2)20-15(19)8-6-5-7-11(3)21-16-14(18)9-13(17)12(4)22-16/h6,8,10-14,16-18H,5,7,9H2,1-4H3/b8-6+/t11-,12+,13-,14-,16?/m1/s1. The highest BCUT2D eigenvalue weighted by Gasteiger charge is 2.35. The van der Waals surface area contributed by atoms with E-state index in [2.05, 4.69) is 0 Å². The highest BCUT2D eigenvalue weighted by Crippen LogP contribution is 2.22. The molecule has 1 heterocycles. The van der Waals surface area contributed by atoms with E-state index in [1.165, 1.54) is 6.08 Å². The van der Waals surface area contributed by atoms with Gasteiger partial charge in [0, 0.05) is 12.5 Å². The summed E-state index contributed by atoms with van der Waals surface area (Å²) >= 11 is 0. The van der Waals surface area contributed by atoms with Crippen LogP contribution in [0.15, 0.2) is 12.2 Å². The third kappa shape index (κ3) is 6.87. The molecule has 5 atom stereocenters. The summed E-state index contributed by atoms with van der Waals surface area (Å²) < 4.78 is 16.1. The van der Waals surface area contributed by atoms with Crippen LogP contribution in [0.2, 0.25) is 0 Å². The van der Waals surface area contributed by atoms with Gasteiger partial charge in [-0.3, -0.25) is 0 Å². The minimum absolute atomic E-state index is 0.123. The second-order valence-electron chi connectivity index (χ2n) is 5.99. The van der Waals surface area contributed by atoms with Crippen LogP contribution in [0.1, 0.15) is 47.0 Å². The van der Waals surface area contributed by atoms with Gasteiger partial charge in [0.05, 0.1) is 24.4 Å². The number of rotatable bonds is 7. The number of aliphatic hydroxyl groups excluding tert-OH is 2. The fourth-order valence-corrected chi connectivity index (χ4v) is 2.14. The maximum atomic E-state index is 11.3. The molecule has 2 N–H and O–H groups in total. The number of carbonyl (C=O) groups excluding carboxylic acids is 1. The van der Waals surface area contributed by atoms with Gasteiger partial charge in [0.2, 0.25) is 0 Å². The van der Waals surface area contributed by atoms with Crippen LogP contribution in [-0.4, -0.2) is 53.0 Å². The van der Waals surface area contributed by atoms with Crippen molar-refractivity contribution in [2.24, 2.45) is 0 Å². The normalized spacial score (nSPS) is 30.7. The monoisotopic (exact) mass is 316 g/mol. The molecule has 1 aliphatic heterocycles. The van der Waals surface area contributed by atoms with Crippen LogP contribution >= 0.6 is 0 Å². The van der Waals surface area contributed by atoms with Crippen LogP contribution in [0.4, 0.5) is 0 Å². The quantitative estimate of drug-likeness (QED) is 0.547. The number of esters is 1. The first-order valence-electron chi connectivity index (χ1n) is 7.83. The molecule has 0 bridgehead atoms. The third-order valence-electron chi connectivity index (χ3n) is 3.40. The summed E-state index contributed by atoms with van der Waals surface area (Å²) in [7, 11) is 0. The largest absolute Gasteiger partial charge is 0.460 e. The van der Waals surface area contributed by atoms with Gasteiger partial charge in [-0.05, 0) is 40.5 Å². The van der Waals surface area contributed by atoms with Crippen molar-refractivity contribution in [1.29, 1.82) is 0 Å². The number of hydrogen-bond acceptors (Lipinski definition) is 6. The molecule has 6 heteroatoms. The van der Waals surface area contributed by atoms with E-state index in [1.807, 2.05) is 6.92 Å². The number of aliphatic hydroxyl groups is 2. The molecule has 0 aromatic heterocycles. The van der Waals surface area contributed by atoms with Gasteiger partial charge in [0.25, 0.3) is 0 Å². The van der Waals surface area contributed by atoms with E-state index >= 15 is 0 Å². The average molecular weight is 316 g/mol. The van der Waals surface area contributed by atoms with Gasteiger partial charge in [0.15, 0.2) is 6.29 Å². The Kier molecular flexibility index (Phi) is 8.03. The Labute approximate surface area is 132 Å². The van der Waals surface area contributed by atoms with Gasteiger partial charge < -0.3 is 24.4 Å². The molecule has 0 radical (unpaired) electrons. The Morgan fingerprint density at radius 3 is 2.64 bits per heavy atom. The molecule has 1 rings (SSSR count). The van der Waals surface area contributed by atoms with Gasteiger partial charge >= 0.3 is 5.97 Å². The SMILES string of the molecule is CC(C)OC(=O)/C=C/CC[C@@H](C)OC1O[C@@H](C)[C@H](O)C[C@H]1O. The van der Waals surface area contributed by atoms with Crippen molar-refractivity contribution in [2.75, 3.05) is 0 Å². The highest BCUT2D eigenvalue weighted by molar-refractivity contribution is 5.81. The highest BCUT2D eigenvalue weighted by atomic mass is 16.7. The molecular weight excluding hydrogens is 288 g/mol. The van der Waals surface area contributed by atoms with Crippen LogP contribution in [0.25, 0.3) is 0 Å². The van der Waals surface area contributed by atoms with E-state index in [9.17, 15) is 15.0 Å². The molecule has 0 amide bonds. The number of carbonyl (C=O) groups is 1. The van der Waals surface area contributed by atoms with Crippen molar-refractivity contribution < 1.29 is 29.2 Å². The van der Waals surface area contributed by atoms with Gasteiger partial charge in [-0.2, -0.15) is 0 Å². The molecule has 0 spiro atoms. The third-order valence-corrected chi connectivity index (χ3v) is 3.40. The molecule has 0 aromatic rings. The second-order valence-corrected chi connectivity index (χ2v) is 5.99. The van der Waals surface area contributed by atoms with Crippen molar-refractivity contribution in [3.63, 3.8) is 0 Å². The maximum absolute atomic E-state index is 11.3. The Balaban J connectivity index is 2.27. The average Bonchev–Trinajstić information content (AvgIpc) is 2.40. The van der Waals surface area contributed by atoms with Crippen molar-refractivity contribution in [3.05, 3.63) is 12.2 Å². The van der Waals surface area contributed by atoms with Crippen LogP contribution in [-0.2, 0) is 19.0 Å². The topological polar surface area (TPSA) is 85.2 Å². The number of allylic oxidation sites excluding steroid dienone is 1. The summed E-state index contributed by atoms with van der Waals surface area (Å²) in [5.74, 6) is -0.350. The molecule has 0 aromatic carbocycles. The lowest BCUT2D eigenvalue weighted by Gasteiger charge is -2.36. The lowest BCUT2D eigenvalue weighted by molar-refractivity contribution is -0.273. The summed E-state index contributed by atoms with van der Waals surface area (Å²) in [6.07, 6.45) is 1.94. The van der Waals surface area contributed by atoms with E-state index in [0.717, 1.165) is 0 Å². The smallest absolute Gasteiger partial charge is 0.330 e. The molecule has 0 aliphatic carbocycles. The van der Waals surface area contributed by atoms with E-state index in [1.54, 1.807) is 26.8 Å². The molecule has 6 nitrogen and oxygen atoms in total. The number of hydrogen-bond donors (Lipinski definition) is 2. The molecule has 1 aliphatic rings. The molecular formula is C16H28O6. The predicted octanol–water partition coefficient (Wildman–Crippen LogP) is 1.54. The minimum atomic E-state index is -0.829. The maximum Gasteiger partial charge on any atom is 0.330 e. The van der Waals surface area contributed by atoms with Gasteiger partial charge in [-0.25, -0.2) is 4.79 Å². The minimum Gasteiger partial charge on any atom is -0.460 e. The van der Waals surface area contributed by atoms with Gasteiger partial charge in [-0.1, -0.05) is 6.08 Å². The lowest BCUT2D eigenvalue weighted by atomic mass is 10.0. The zero-order valence-corrected chi connectivity index (χ0v) is 13.8. The second kappa shape index (κ2) is 9.25. The number of ether oxygens (including phenoxy) is 3. The Morgan fingerprint density at radius 1 is 1.32 bits per heavy atom. The van der Waals surface area contributed by atoms with Gasteiger partial charge in [0.1, 0.15) is 6.10 Å². The molecule has 128 valence electrons. The predicted molar refractivity (Wildman–Crippen MR) is 81.1 cm³/mol. The molecule has 1 fully saturated rings. The van der Waals surface area contributed by atoms with Crippen LogP contribution in [0.3, 0.4) is 0 Å². The Morgan fingerprint density at radius 2 is 2.00 bits per heavy atom. The summed E-state index contributed by atoms with van der Waals surface area (Å²) in [6.45, 7) is 7.23. The molecule has 0 saturated carbocycles. The van der Waals surface area contributed by atoms with E-state index in [4.69, 9.17) is 14.2 Å². The molecule has 1 saturated heterocycles. The molecule has 22 heavy (non-hydrogen) atoms. The first kappa shape index (κ1) is 19.1. The van der Waals surface area contributed by atoms with E-state index in [0.29, 0.717) is 12.8 Å².